The molecule has 0 saturated carbocycles. The first-order chi connectivity index (χ1) is 11.3. The summed E-state index contributed by atoms with van der Waals surface area (Å²) in [4.78, 5) is 11.6. The normalized spacial score (nSPS) is 13.1. The van der Waals surface area contributed by atoms with Crippen molar-refractivity contribution in [2.24, 2.45) is 0 Å². The van der Waals surface area contributed by atoms with Gasteiger partial charge in [0, 0.05) is 17.5 Å². The highest BCUT2D eigenvalue weighted by molar-refractivity contribution is 5.72. The topological polar surface area (TPSA) is 110 Å². The Kier molecular flexibility index (Phi) is 3.96. The van der Waals surface area contributed by atoms with Crippen molar-refractivity contribution in [1.29, 1.82) is 0 Å². The quantitative estimate of drug-likeness (QED) is 0.744. The number of aromatic amines is 1. The molecule has 0 aliphatic heterocycles. The van der Waals surface area contributed by atoms with Crippen molar-refractivity contribution in [3.63, 3.8) is 0 Å². The smallest absolute Gasteiger partial charge is 0.329 e. The summed E-state index contributed by atoms with van der Waals surface area (Å²) in [5, 5.41) is 24.7. The van der Waals surface area contributed by atoms with Gasteiger partial charge >= 0.3 is 5.97 Å². The van der Waals surface area contributed by atoms with Crippen LogP contribution in [0, 0.1) is 0 Å². The number of rotatable bonds is 5. The molecule has 0 fully saturated rings. The van der Waals surface area contributed by atoms with Crippen LogP contribution in [-0.2, 0) is 16.6 Å². The summed E-state index contributed by atoms with van der Waals surface area (Å²) in [7, 11) is 0. The molecule has 3 heterocycles. The number of hydrogen-bond donors (Lipinski definition) is 2. The summed E-state index contributed by atoms with van der Waals surface area (Å²) < 4.78 is 6.55. The molecule has 0 bridgehead atoms. The zero-order valence-corrected chi connectivity index (χ0v) is 13.7. The first-order valence-corrected chi connectivity index (χ1v) is 7.58. The van der Waals surface area contributed by atoms with Crippen molar-refractivity contribution in [3.8, 4) is 11.4 Å². The van der Waals surface area contributed by atoms with E-state index in [-0.39, 0.29) is 11.8 Å². The highest BCUT2D eigenvalue weighted by atomic mass is 16.4. The number of hydrogen-bond acceptors (Lipinski definition) is 5. The fourth-order valence-corrected chi connectivity index (χ4v) is 2.30. The SMILES string of the molecule is CC(C)(C)c1cc(-c2cn(C(Cc3ccco3)C(=O)O)nn2)n[nH]1. The summed E-state index contributed by atoms with van der Waals surface area (Å²) in [6, 6.07) is 4.46. The van der Waals surface area contributed by atoms with Gasteiger partial charge in [0.2, 0.25) is 0 Å². The van der Waals surface area contributed by atoms with Crippen LogP contribution in [0.4, 0.5) is 0 Å². The Labute approximate surface area is 138 Å². The van der Waals surface area contributed by atoms with E-state index in [9.17, 15) is 9.90 Å². The van der Waals surface area contributed by atoms with Gasteiger partial charge in [-0.3, -0.25) is 5.10 Å². The maximum Gasteiger partial charge on any atom is 0.329 e. The Morgan fingerprint density at radius 3 is 2.79 bits per heavy atom. The van der Waals surface area contributed by atoms with Gasteiger partial charge in [-0.25, -0.2) is 9.48 Å². The number of nitrogens with one attached hydrogen (secondary N) is 1. The summed E-state index contributed by atoms with van der Waals surface area (Å²) in [6.45, 7) is 6.22. The van der Waals surface area contributed by atoms with Crippen molar-refractivity contribution in [1.82, 2.24) is 25.2 Å². The number of furan rings is 1. The van der Waals surface area contributed by atoms with Gasteiger partial charge in [-0.2, -0.15) is 5.10 Å². The minimum Gasteiger partial charge on any atom is -0.480 e. The molecule has 0 aliphatic rings. The minimum atomic E-state index is -1.000. The van der Waals surface area contributed by atoms with Gasteiger partial charge in [-0.1, -0.05) is 26.0 Å². The maximum atomic E-state index is 11.6. The molecule has 0 aliphatic carbocycles. The molecule has 3 aromatic rings. The van der Waals surface area contributed by atoms with Crippen molar-refractivity contribution < 1.29 is 14.3 Å². The molecule has 3 rings (SSSR count). The van der Waals surface area contributed by atoms with E-state index >= 15 is 0 Å². The Morgan fingerprint density at radius 2 is 2.21 bits per heavy atom. The molecular weight excluding hydrogens is 310 g/mol. The second-order valence-electron chi connectivity index (χ2n) is 6.64. The first kappa shape index (κ1) is 16.0. The molecule has 126 valence electrons. The van der Waals surface area contributed by atoms with Crippen LogP contribution in [-0.4, -0.2) is 36.3 Å². The lowest BCUT2D eigenvalue weighted by molar-refractivity contribution is -0.141. The van der Waals surface area contributed by atoms with Gasteiger partial charge in [0.25, 0.3) is 0 Å². The maximum absolute atomic E-state index is 11.6. The second-order valence-corrected chi connectivity index (χ2v) is 6.64. The molecule has 0 amide bonds. The zero-order valence-electron chi connectivity index (χ0n) is 13.7. The van der Waals surface area contributed by atoms with E-state index in [1.54, 1.807) is 18.3 Å². The van der Waals surface area contributed by atoms with Crippen LogP contribution >= 0.6 is 0 Å². The van der Waals surface area contributed by atoms with Crippen molar-refractivity contribution in [2.45, 2.75) is 38.6 Å². The number of H-pyrrole nitrogens is 1. The average Bonchev–Trinajstić information content (AvgIpc) is 3.23. The van der Waals surface area contributed by atoms with E-state index in [4.69, 9.17) is 4.42 Å². The number of nitrogens with zero attached hydrogens (tertiary/aromatic N) is 4. The summed E-state index contributed by atoms with van der Waals surface area (Å²) in [6.07, 6.45) is 3.29. The highest BCUT2D eigenvalue weighted by Gasteiger charge is 2.24. The predicted molar refractivity (Wildman–Crippen MR) is 85.4 cm³/mol. The van der Waals surface area contributed by atoms with Crippen LogP contribution in [0.3, 0.4) is 0 Å². The van der Waals surface area contributed by atoms with Crippen LogP contribution in [0.15, 0.2) is 35.1 Å². The summed E-state index contributed by atoms with van der Waals surface area (Å²) >= 11 is 0. The molecule has 3 aromatic heterocycles. The number of carbonyl (C=O) groups is 1. The van der Waals surface area contributed by atoms with Crippen LogP contribution in [0.2, 0.25) is 0 Å². The van der Waals surface area contributed by atoms with E-state index < -0.39 is 12.0 Å². The summed E-state index contributed by atoms with van der Waals surface area (Å²) in [5.74, 6) is -0.422. The number of aromatic nitrogens is 5. The highest BCUT2D eigenvalue weighted by Crippen LogP contribution is 2.24. The third-order valence-electron chi connectivity index (χ3n) is 3.74. The molecule has 0 radical (unpaired) electrons. The standard InChI is InChI=1S/C16H19N5O3/c1-16(2,3)14-8-11(17-19-14)12-9-21(20-18-12)13(15(22)23)7-10-5-4-6-24-10/h4-6,8-9,13H,7H2,1-3H3,(H,17,19)(H,22,23). The minimum absolute atomic E-state index is 0.0653. The lowest BCUT2D eigenvalue weighted by Crippen LogP contribution is -2.21. The second kappa shape index (κ2) is 5.95. The molecule has 1 unspecified atom stereocenters. The summed E-state index contributed by atoms with van der Waals surface area (Å²) in [5.41, 5.74) is 2.06. The van der Waals surface area contributed by atoms with E-state index in [0.717, 1.165) is 5.69 Å². The van der Waals surface area contributed by atoms with Gasteiger partial charge in [0.05, 0.1) is 12.5 Å². The van der Waals surface area contributed by atoms with E-state index in [1.807, 2.05) is 6.07 Å². The molecule has 0 spiro atoms. The monoisotopic (exact) mass is 329 g/mol. The molecule has 8 heteroatoms. The molecule has 1 atom stereocenters. The van der Waals surface area contributed by atoms with Crippen LogP contribution in [0.1, 0.15) is 38.3 Å². The first-order valence-electron chi connectivity index (χ1n) is 7.58. The molecule has 8 nitrogen and oxygen atoms in total. The van der Waals surface area contributed by atoms with E-state index in [2.05, 4.69) is 41.3 Å². The van der Waals surface area contributed by atoms with Crippen molar-refractivity contribution >= 4 is 5.97 Å². The van der Waals surface area contributed by atoms with Crippen molar-refractivity contribution in [3.05, 3.63) is 42.1 Å². The molecule has 24 heavy (non-hydrogen) atoms. The Balaban J connectivity index is 1.85. The zero-order chi connectivity index (χ0) is 17.3. The predicted octanol–water partition coefficient (Wildman–Crippen LogP) is 2.43. The molecule has 0 saturated heterocycles. The van der Waals surface area contributed by atoms with Gasteiger partial charge in [-0.15, -0.1) is 5.10 Å². The van der Waals surface area contributed by atoms with Crippen molar-refractivity contribution in [2.75, 3.05) is 0 Å². The number of carboxylic acids is 1. The lowest BCUT2D eigenvalue weighted by atomic mass is 9.92. The number of carboxylic acid groups (broad SMARTS) is 1. The fraction of sp³-hybridized carbons (Fsp3) is 0.375. The molecular formula is C16H19N5O3. The van der Waals surface area contributed by atoms with E-state index in [1.165, 1.54) is 10.9 Å². The van der Waals surface area contributed by atoms with Crippen LogP contribution < -0.4 is 0 Å². The van der Waals surface area contributed by atoms with Gasteiger partial charge < -0.3 is 9.52 Å². The Hall–Kier alpha value is -2.90. The average molecular weight is 329 g/mol. The number of aliphatic carboxylic acids is 1. The fourth-order valence-electron chi connectivity index (χ4n) is 2.30. The largest absolute Gasteiger partial charge is 0.480 e. The Bertz CT molecular complexity index is 826. The van der Waals surface area contributed by atoms with Crippen LogP contribution in [0.5, 0.6) is 0 Å². The molecule has 0 aromatic carbocycles. The van der Waals surface area contributed by atoms with Crippen LogP contribution in [0.25, 0.3) is 11.4 Å². The van der Waals surface area contributed by atoms with Gasteiger partial charge in [0.1, 0.15) is 17.1 Å². The van der Waals surface area contributed by atoms with Gasteiger partial charge in [-0.05, 0) is 18.2 Å². The third-order valence-corrected chi connectivity index (χ3v) is 3.74. The lowest BCUT2D eigenvalue weighted by Gasteiger charge is -2.14. The van der Waals surface area contributed by atoms with Gasteiger partial charge in [0.15, 0.2) is 6.04 Å². The van der Waals surface area contributed by atoms with E-state index in [0.29, 0.717) is 17.1 Å². The Morgan fingerprint density at radius 1 is 1.42 bits per heavy atom. The molecule has 2 N–H and O–H groups in total. The third kappa shape index (κ3) is 3.22.